The summed E-state index contributed by atoms with van der Waals surface area (Å²) in [6.07, 6.45) is 3.10. The summed E-state index contributed by atoms with van der Waals surface area (Å²) < 4.78 is 14.0. The Morgan fingerprint density at radius 1 is 1.47 bits per heavy atom. The number of halogens is 1. The Bertz CT molecular complexity index is 397. The minimum atomic E-state index is -0.117. The highest BCUT2D eigenvalue weighted by Gasteiger charge is 2.26. The van der Waals surface area contributed by atoms with Crippen molar-refractivity contribution in [3.05, 3.63) is 24.0 Å². The van der Waals surface area contributed by atoms with Crippen LogP contribution in [0.5, 0.6) is 0 Å². The van der Waals surface area contributed by atoms with Crippen LogP contribution >= 0.6 is 11.8 Å². The molecule has 0 N–H and O–H groups in total. The van der Waals surface area contributed by atoms with Gasteiger partial charge in [-0.05, 0) is 38.4 Å². The Balaban J connectivity index is 2.26. The van der Waals surface area contributed by atoms with E-state index in [2.05, 4.69) is 16.8 Å². The zero-order valence-electron chi connectivity index (χ0n) is 10.6. The summed E-state index contributed by atoms with van der Waals surface area (Å²) >= 11 is 1.60. The first-order chi connectivity index (χ1) is 8.13. The number of hydrogen-bond acceptors (Lipinski definition) is 3. The number of rotatable bonds is 3. The summed E-state index contributed by atoms with van der Waals surface area (Å²) in [5, 5.41) is 0. The molecule has 0 amide bonds. The average Bonchev–Trinajstić information content (AvgIpc) is 2.74. The number of hydrogen-bond donors (Lipinski definition) is 0. The molecule has 94 valence electrons. The molecule has 1 unspecified atom stereocenters. The molecular formula is C13H19FN2S. The van der Waals surface area contributed by atoms with E-state index < -0.39 is 0 Å². The maximum atomic E-state index is 14.0. The third kappa shape index (κ3) is 2.58. The fourth-order valence-corrected chi connectivity index (χ4v) is 3.06. The van der Waals surface area contributed by atoms with Crippen molar-refractivity contribution in [3.63, 3.8) is 0 Å². The molecule has 17 heavy (non-hydrogen) atoms. The molecule has 1 aliphatic rings. The number of benzene rings is 1. The third-order valence-electron chi connectivity index (χ3n) is 3.44. The van der Waals surface area contributed by atoms with E-state index in [-0.39, 0.29) is 5.82 Å². The quantitative estimate of drug-likeness (QED) is 0.766. The van der Waals surface area contributed by atoms with Crippen molar-refractivity contribution in [1.82, 2.24) is 4.90 Å². The molecule has 1 fully saturated rings. The largest absolute Gasteiger partial charge is 0.367 e. The van der Waals surface area contributed by atoms with Crippen LogP contribution in [0.15, 0.2) is 23.1 Å². The van der Waals surface area contributed by atoms with Gasteiger partial charge in [0, 0.05) is 24.5 Å². The van der Waals surface area contributed by atoms with Crippen molar-refractivity contribution in [2.24, 2.45) is 0 Å². The van der Waals surface area contributed by atoms with Crippen molar-refractivity contribution in [1.29, 1.82) is 0 Å². The second kappa shape index (κ2) is 5.27. The van der Waals surface area contributed by atoms with Crippen LogP contribution in [-0.4, -0.2) is 44.4 Å². The van der Waals surface area contributed by atoms with Crippen molar-refractivity contribution in [3.8, 4) is 0 Å². The zero-order chi connectivity index (χ0) is 12.4. The zero-order valence-corrected chi connectivity index (χ0v) is 11.4. The molecule has 4 heteroatoms. The fraction of sp³-hybridized carbons (Fsp3) is 0.538. The van der Waals surface area contributed by atoms with Crippen LogP contribution in [0, 0.1) is 5.82 Å². The van der Waals surface area contributed by atoms with Crippen molar-refractivity contribution in [2.75, 3.05) is 38.3 Å². The van der Waals surface area contributed by atoms with Crippen LogP contribution in [0.4, 0.5) is 10.1 Å². The highest BCUT2D eigenvalue weighted by atomic mass is 32.2. The van der Waals surface area contributed by atoms with Crippen LogP contribution in [0.2, 0.25) is 0 Å². The Kier molecular flexibility index (Phi) is 3.94. The number of anilines is 1. The number of nitrogens with zero attached hydrogens (tertiary/aromatic N) is 2. The molecule has 0 saturated carbocycles. The molecule has 1 aliphatic heterocycles. The van der Waals surface area contributed by atoms with E-state index in [1.807, 2.05) is 19.4 Å². The van der Waals surface area contributed by atoms with Gasteiger partial charge in [-0.2, -0.15) is 0 Å². The molecule has 0 spiro atoms. The van der Waals surface area contributed by atoms with Gasteiger partial charge in [-0.15, -0.1) is 11.8 Å². The summed E-state index contributed by atoms with van der Waals surface area (Å²) in [5.41, 5.74) is 0.750. The molecule has 2 rings (SSSR count). The molecule has 0 bridgehead atoms. The Hall–Kier alpha value is -0.740. The molecule has 1 aromatic carbocycles. The highest BCUT2D eigenvalue weighted by Crippen LogP contribution is 2.33. The van der Waals surface area contributed by atoms with E-state index in [9.17, 15) is 4.39 Å². The van der Waals surface area contributed by atoms with E-state index in [0.717, 1.165) is 30.1 Å². The van der Waals surface area contributed by atoms with Crippen molar-refractivity contribution < 1.29 is 4.39 Å². The van der Waals surface area contributed by atoms with E-state index in [0.29, 0.717) is 6.04 Å². The lowest BCUT2D eigenvalue weighted by atomic mass is 10.2. The van der Waals surface area contributed by atoms with Crippen LogP contribution in [0.25, 0.3) is 0 Å². The molecule has 0 radical (unpaired) electrons. The highest BCUT2D eigenvalue weighted by molar-refractivity contribution is 7.98. The van der Waals surface area contributed by atoms with Gasteiger partial charge in [0.15, 0.2) is 0 Å². The second-order valence-electron chi connectivity index (χ2n) is 4.61. The van der Waals surface area contributed by atoms with Gasteiger partial charge < -0.3 is 9.80 Å². The van der Waals surface area contributed by atoms with Gasteiger partial charge in [0.2, 0.25) is 0 Å². The molecule has 1 atom stereocenters. The lowest BCUT2D eigenvalue weighted by molar-refractivity contribution is 0.409. The van der Waals surface area contributed by atoms with E-state index >= 15 is 0 Å². The molecular weight excluding hydrogens is 235 g/mol. The molecule has 1 aromatic rings. The van der Waals surface area contributed by atoms with Gasteiger partial charge in [-0.1, -0.05) is 6.07 Å². The van der Waals surface area contributed by atoms with E-state index in [4.69, 9.17) is 0 Å². The number of para-hydroxylation sites is 1. The van der Waals surface area contributed by atoms with Crippen LogP contribution in [0.1, 0.15) is 6.42 Å². The second-order valence-corrected chi connectivity index (χ2v) is 5.45. The Morgan fingerprint density at radius 2 is 2.24 bits per heavy atom. The predicted octanol–water partition coefficient (Wildman–Crippen LogP) is 2.69. The smallest absolute Gasteiger partial charge is 0.147 e. The van der Waals surface area contributed by atoms with Gasteiger partial charge in [-0.25, -0.2) is 4.39 Å². The molecule has 0 aliphatic carbocycles. The SMILES string of the molecule is CSc1cccc(F)c1N(C)C1CCN(C)C1. The third-order valence-corrected chi connectivity index (χ3v) is 4.21. The Labute approximate surface area is 107 Å². The average molecular weight is 254 g/mol. The Morgan fingerprint density at radius 3 is 2.82 bits per heavy atom. The van der Waals surface area contributed by atoms with Crippen LogP contribution in [-0.2, 0) is 0 Å². The van der Waals surface area contributed by atoms with E-state index in [1.54, 1.807) is 23.9 Å². The first-order valence-corrected chi connectivity index (χ1v) is 7.10. The lowest BCUT2D eigenvalue weighted by Gasteiger charge is -2.28. The summed E-state index contributed by atoms with van der Waals surface area (Å²) in [7, 11) is 4.12. The number of thioether (sulfide) groups is 1. The maximum Gasteiger partial charge on any atom is 0.147 e. The van der Waals surface area contributed by atoms with Crippen LogP contribution < -0.4 is 4.90 Å². The van der Waals surface area contributed by atoms with E-state index in [1.165, 1.54) is 0 Å². The lowest BCUT2D eigenvalue weighted by Crippen LogP contribution is -2.34. The predicted molar refractivity (Wildman–Crippen MR) is 72.5 cm³/mol. The molecule has 0 aromatic heterocycles. The summed E-state index contributed by atoms with van der Waals surface area (Å²) in [6.45, 7) is 2.11. The van der Waals surface area contributed by atoms with Gasteiger partial charge in [0.1, 0.15) is 5.82 Å². The van der Waals surface area contributed by atoms with Gasteiger partial charge >= 0.3 is 0 Å². The first kappa shape index (κ1) is 12.7. The monoisotopic (exact) mass is 254 g/mol. The molecule has 2 nitrogen and oxygen atoms in total. The maximum absolute atomic E-state index is 14.0. The number of likely N-dealkylation sites (tertiary alicyclic amines) is 1. The minimum absolute atomic E-state index is 0.117. The summed E-state index contributed by atoms with van der Waals surface area (Å²) in [4.78, 5) is 5.41. The summed E-state index contributed by atoms with van der Waals surface area (Å²) in [5.74, 6) is -0.117. The fourth-order valence-electron chi connectivity index (χ4n) is 2.41. The first-order valence-electron chi connectivity index (χ1n) is 5.87. The normalized spacial score (nSPS) is 20.8. The van der Waals surface area contributed by atoms with Gasteiger partial charge in [0.25, 0.3) is 0 Å². The molecule has 1 heterocycles. The number of likely N-dealkylation sites (N-methyl/N-ethyl adjacent to an activating group) is 2. The minimum Gasteiger partial charge on any atom is -0.367 e. The topological polar surface area (TPSA) is 6.48 Å². The standard InChI is InChI=1S/C13H19FN2S/c1-15-8-7-10(9-15)16(2)13-11(14)5-4-6-12(13)17-3/h4-6,10H,7-9H2,1-3H3. The van der Waals surface area contributed by atoms with Gasteiger partial charge in [-0.3, -0.25) is 0 Å². The summed E-state index contributed by atoms with van der Waals surface area (Å²) in [6, 6.07) is 5.73. The molecule has 1 saturated heterocycles. The van der Waals surface area contributed by atoms with Crippen LogP contribution in [0.3, 0.4) is 0 Å². The van der Waals surface area contributed by atoms with Gasteiger partial charge in [0.05, 0.1) is 5.69 Å². The van der Waals surface area contributed by atoms with Crippen molar-refractivity contribution in [2.45, 2.75) is 17.4 Å². The van der Waals surface area contributed by atoms with Crippen molar-refractivity contribution >= 4 is 17.4 Å².